The molecule has 4 rings (SSSR count). The van der Waals surface area contributed by atoms with Gasteiger partial charge in [-0.3, -0.25) is 0 Å². The quantitative estimate of drug-likeness (QED) is 0.688. The van der Waals surface area contributed by atoms with Crippen LogP contribution in [0.4, 0.5) is 19.1 Å². The number of hydrogen-bond donors (Lipinski definition) is 0. The van der Waals surface area contributed by atoms with E-state index in [1.54, 1.807) is 12.1 Å². The lowest BCUT2D eigenvalue weighted by molar-refractivity contribution is -0.138. The Morgan fingerprint density at radius 2 is 1.68 bits per heavy atom. The Labute approximate surface area is 164 Å². The molecule has 1 aliphatic carbocycles. The second-order valence-corrected chi connectivity index (χ2v) is 8.57. The number of rotatable bonds is 3. The fourth-order valence-corrected chi connectivity index (χ4v) is 4.84. The van der Waals surface area contributed by atoms with Crippen molar-refractivity contribution in [1.29, 1.82) is 0 Å². The fourth-order valence-electron chi connectivity index (χ4n) is 4.84. The molecule has 1 aliphatic heterocycles. The number of fused-ring (bicyclic) bond motifs is 1. The molecule has 3 atom stereocenters. The number of halogens is 3. The monoisotopic (exact) mass is 389 g/mol. The maximum Gasteiger partial charge on any atom is 0.416 e. The van der Waals surface area contributed by atoms with Gasteiger partial charge in [-0.15, -0.1) is 0 Å². The molecule has 0 bridgehead atoms. The van der Waals surface area contributed by atoms with Gasteiger partial charge in [0, 0.05) is 24.5 Å². The Bertz CT molecular complexity index is 848. The van der Waals surface area contributed by atoms with Crippen molar-refractivity contribution in [3.63, 3.8) is 0 Å². The van der Waals surface area contributed by atoms with Crippen LogP contribution in [0.25, 0.3) is 0 Å². The van der Waals surface area contributed by atoms with Crippen molar-refractivity contribution in [3.8, 4) is 0 Å². The zero-order valence-corrected chi connectivity index (χ0v) is 16.5. The lowest BCUT2D eigenvalue weighted by Crippen LogP contribution is -2.24. The first-order valence-electron chi connectivity index (χ1n) is 9.99. The van der Waals surface area contributed by atoms with Gasteiger partial charge in [0.15, 0.2) is 0 Å². The van der Waals surface area contributed by atoms with Crippen molar-refractivity contribution >= 4 is 5.95 Å². The maximum absolute atomic E-state index is 13.4. The first-order valence-corrected chi connectivity index (χ1v) is 9.99. The second kappa shape index (κ2) is 7.05. The van der Waals surface area contributed by atoms with Gasteiger partial charge in [-0.2, -0.15) is 13.2 Å². The highest BCUT2D eigenvalue weighted by Crippen LogP contribution is 2.49. The van der Waals surface area contributed by atoms with E-state index in [1.807, 2.05) is 13.0 Å². The van der Waals surface area contributed by atoms with Crippen LogP contribution in [0.15, 0.2) is 30.3 Å². The molecule has 28 heavy (non-hydrogen) atoms. The summed E-state index contributed by atoms with van der Waals surface area (Å²) in [5.41, 5.74) is 1.99. The van der Waals surface area contributed by atoms with Crippen molar-refractivity contribution in [1.82, 2.24) is 9.97 Å². The first-order chi connectivity index (χ1) is 13.2. The van der Waals surface area contributed by atoms with E-state index < -0.39 is 11.7 Å². The summed E-state index contributed by atoms with van der Waals surface area (Å²) in [4.78, 5) is 11.6. The van der Waals surface area contributed by atoms with Crippen LogP contribution in [0.1, 0.15) is 61.0 Å². The van der Waals surface area contributed by atoms with E-state index in [0.29, 0.717) is 23.3 Å². The predicted molar refractivity (Wildman–Crippen MR) is 103 cm³/mol. The number of aromatic nitrogens is 2. The summed E-state index contributed by atoms with van der Waals surface area (Å²) < 4.78 is 40.2. The zero-order chi connectivity index (χ0) is 20.1. The van der Waals surface area contributed by atoms with Gasteiger partial charge in [0.1, 0.15) is 0 Å². The molecule has 0 spiro atoms. The van der Waals surface area contributed by atoms with E-state index in [2.05, 4.69) is 23.7 Å². The van der Waals surface area contributed by atoms with E-state index in [9.17, 15) is 13.2 Å². The summed E-state index contributed by atoms with van der Waals surface area (Å²) in [5, 5.41) is 0. The van der Waals surface area contributed by atoms with Crippen molar-refractivity contribution in [2.24, 2.45) is 11.8 Å². The van der Waals surface area contributed by atoms with Crippen LogP contribution in [-0.4, -0.2) is 23.1 Å². The SMILES string of the molecule is Cc1cc(C(C)C)nc(N2C[C@H]3CC(c4ccccc4C(F)(F)F)C[C@H]3C2)n1. The smallest absolute Gasteiger partial charge is 0.340 e. The minimum absolute atomic E-state index is 0.0142. The lowest BCUT2D eigenvalue weighted by atomic mass is 9.91. The second-order valence-electron chi connectivity index (χ2n) is 8.57. The highest BCUT2D eigenvalue weighted by Gasteiger charge is 2.44. The molecule has 1 unspecified atom stereocenters. The van der Waals surface area contributed by atoms with E-state index >= 15 is 0 Å². The number of alkyl halides is 3. The Kier molecular flexibility index (Phi) is 4.84. The topological polar surface area (TPSA) is 29.0 Å². The highest BCUT2D eigenvalue weighted by molar-refractivity contribution is 5.38. The summed E-state index contributed by atoms with van der Waals surface area (Å²) in [6, 6.07) is 8.09. The van der Waals surface area contributed by atoms with Crippen molar-refractivity contribution in [2.75, 3.05) is 18.0 Å². The lowest BCUT2D eigenvalue weighted by Gasteiger charge is -2.22. The highest BCUT2D eigenvalue weighted by atomic mass is 19.4. The predicted octanol–water partition coefficient (Wildman–Crippen LogP) is 5.56. The molecule has 2 aliphatic rings. The third kappa shape index (κ3) is 3.61. The summed E-state index contributed by atoms with van der Waals surface area (Å²) in [6.45, 7) is 7.88. The molecule has 2 heterocycles. The number of benzene rings is 1. The van der Waals surface area contributed by atoms with E-state index in [1.165, 1.54) is 12.1 Å². The molecule has 1 saturated heterocycles. The molecule has 2 fully saturated rings. The van der Waals surface area contributed by atoms with Gasteiger partial charge >= 0.3 is 6.18 Å². The molecule has 2 aromatic rings. The van der Waals surface area contributed by atoms with Gasteiger partial charge in [-0.1, -0.05) is 32.0 Å². The molecular formula is C22H26F3N3. The summed E-state index contributed by atoms with van der Waals surface area (Å²) in [6.07, 6.45) is -2.68. The van der Waals surface area contributed by atoms with Crippen LogP contribution < -0.4 is 4.90 Å². The molecule has 0 radical (unpaired) electrons. The number of hydrogen-bond acceptors (Lipinski definition) is 3. The molecule has 6 heteroatoms. The molecule has 0 N–H and O–H groups in total. The van der Waals surface area contributed by atoms with Gasteiger partial charge in [-0.25, -0.2) is 9.97 Å². The average molecular weight is 389 g/mol. The third-order valence-corrected chi connectivity index (χ3v) is 6.19. The zero-order valence-electron chi connectivity index (χ0n) is 16.5. The normalized spacial score (nSPS) is 24.8. The molecule has 1 aromatic carbocycles. The number of nitrogens with zero attached hydrogens (tertiary/aromatic N) is 3. The fraction of sp³-hybridized carbons (Fsp3) is 0.545. The molecule has 3 nitrogen and oxygen atoms in total. The van der Waals surface area contributed by atoms with E-state index in [-0.39, 0.29) is 5.92 Å². The summed E-state index contributed by atoms with van der Waals surface area (Å²) in [5.74, 6) is 1.89. The average Bonchev–Trinajstić information content (AvgIpc) is 3.19. The van der Waals surface area contributed by atoms with Gasteiger partial charge in [-0.05, 0) is 61.1 Å². The molecule has 1 aromatic heterocycles. The molecule has 1 saturated carbocycles. The Hall–Kier alpha value is -2.11. The summed E-state index contributed by atoms with van der Waals surface area (Å²) >= 11 is 0. The van der Waals surface area contributed by atoms with Crippen LogP contribution >= 0.6 is 0 Å². The van der Waals surface area contributed by atoms with Crippen molar-refractivity contribution < 1.29 is 13.2 Å². The van der Waals surface area contributed by atoms with Crippen molar-refractivity contribution in [3.05, 3.63) is 52.8 Å². The van der Waals surface area contributed by atoms with Gasteiger partial charge in [0.05, 0.1) is 5.56 Å². The minimum Gasteiger partial charge on any atom is -0.340 e. The van der Waals surface area contributed by atoms with Crippen LogP contribution in [0.2, 0.25) is 0 Å². The summed E-state index contributed by atoms with van der Waals surface area (Å²) in [7, 11) is 0. The van der Waals surface area contributed by atoms with E-state index in [4.69, 9.17) is 4.98 Å². The van der Waals surface area contributed by atoms with Gasteiger partial charge in [0.25, 0.3) is 0 Å². The molecule has 0 amide bonds. The van der Waals surface area contributed by atoms with Crippen LogP contribution in [-0.2, 0) is 6.18 Å². The number of anilines is 1. The Balaban J connectivity index is 1.51. The Morgan fingerprint density at radius 3 is 2.29 bits per heavy atom. The largest absolute Gasteiger partial charge is 0.416 e. The first kappa shape index (κ1) is 19.2. The van der Waals surface area contributed by atoms with Gasteiger partial charge in [0.2, 0.25) is 5.95 Å². The maximum atomic E-state index is 13.4. The van der Waals surface area contributed by atoms with Crippen LogP contribution in [0, 0.1) is 18.8 Å². The number of aryl methyl sites for hydroxylation is 1. The third-order valence-electron chi connectivity index (χ3n) is 6.19. The van der Waals surface area contributed by atoms with Crippen molar-refractivity contribution in [2.45, 2.75) is 51.6 Å². The van der Waals surface area contributed by atoms with Crippen LogP contribution in [0.3, 0.4) is 0 Å². The van der Waals surface area contributed by atoms with E-state index in [0.717, 1.165) is 43.3 Å². The standard InChI is InChI=1S/C22H26F3N3/c1-13(2)20-8-14(3)26-21(27-20)28-11-16-9-15(10-17(16)12-28)18-6-4-5-7-19(18)22(23,24)25/h4-8,13,15-17H,9-12H2,1-3H3/t15?,16-,17+. The minimum atomic E-state index is -4.29. The Morgan fingerprint density at radius 1 is 1.04 bits per heavy atom. The molecule has 150 valence electrons. The molecular weight excluding hydrogens is 363 g/mol. The van der Waals surface area contributed by atoms with Gasteiger partial charge < -0.3 is 4.90 Å². The van der Waals surface area contributed by atoms with Crippen LogP contribution in [0.5, 0.6) is 0 Å².